The van der Waals surface area contributed by atoms with Gasteiger partial charge in [-0.2, -0.15) is 0 Å². The van der Waals surface area contributed by atoms with Crippen molar-refractivity contribution < 1.29 is 9.90 Å². The van der Waals surface area contributed by atoms with Gasteiger partial charge < -0.3 is 10.0 Å². The Bertz CT molecular complexity index is 200. The van der Waals surface area contributed by atoms with Crippen molar-refractivity contribution in [1.82, 2.24) is 4.90 Å². The number of likely N-dealkylation sites (tertiary alicyclic amines) is 1. The normalized spacial score (nSPS) is 19.9. The largest absolute Gasteiger partial charge is 0.393 e. The second-order valence-corrected chi connectivity index (χ2v) is 5.35. The van der Waals surface area contributed by atoms with Gasteiger partial charge in [0, 0.05) is 19.5 Å². The fraction of sp³-hybridized carbons (Fsp3) is 0.909. The van der Waals surface area contributed by atoms with E-state index in [0.717, 1.165) is 25.9 Å². The molecule has 1 rings (SSSR count). The molecule has 0 saturated carbocycles. The first kappa shape index (κ1) is 11.5. The molecule has 0 aromatic carbocycles. The molecule has 82 valence electrons. The Hall–Kier alpha value is -0.570. The molecule has 3 nitrogen and oxygen atoms in total. The van der Waals surface area contributed by atoms with E-state index in [1.54, 1.807) is 0 Å². The van der Waals surface area contributed by atoms with E-state index in [1.165, 1.54) is 0 Å². The van der Waals surface area contributed by atoms with Crippen molar-refractivity contribution in [2.24, 2.45) is 5.41 Å². The van der Waals surface area contributed by atoms with Gasteiger partial charge in [0.1, 0.15) is 0 Å². The zero-order valence-corrected chi connectivity index (χ0v) is 9.42. The lowest BCUT2D eigenvalue weighted by molar-refractivity contribution is -0.135. The van der Waals surface area contributed by atoms with Crippen LogP contribution in [0.4, 0.5) is 0 Å². The standard InChI is InChI=1S/C11H21NO2/c1-11(2,3)8-10(14)12-6-4-9(13)5-7-12/h9,13H,4-8H2,1-3H3. The Morgan fingerprint density at radius 1 is 1.36 bits per heavy atom. The molecule has 0 aromatic heterocycles. The van der Waals surface area contributed by atoms with E-state index >= 15 is 0 Å². The van der Waals surface area contributed by atoms with Crippen LogP contribution < -0.4 is 0 Å². The van der Waals surface area contributed by atoms with E-state index in [9.17, 15) is 9.90 Å². The lowest BCUT2D eigenvalue weighted by Crippen LogP contribution is -2.41. The second-order valence-electron chi connectivity index (χ2n) is 5.35. The van der Waals surface area contributed by atoms with Crippen LogP contribution in [0.3, 0.4) is 0 Å². The number of carbonyl (C=O) groups is 1. The van der Waals surface area contributed by atoms with Crippen molar-refractivity contribution in [3.63, 3.8) is 0 Å². The summed E-state index contributed by atoms with van der Waals surface area (Å²) in [5, 5.41) is 9.30. The molecular weight excluding hydrogens is 178 g/mol. The van der Waals surface area contributed by atoms with Crippen molar-refractivity contribution in [2.75, 3.05) is 13.1 Å². The van der Waals surface area contributed by atoms with Crippen LogP contribution in [-0.2, 0) is 4.79 Å². The summed E-state index contributed by atoms with van der Waals surface area (Å²) in [7, 11) is 0. The Labute approximate surface area is 86.1 Å². The average Bonchev–Trinajstić information content (AvgIpc) is 2.02. The quantitative estimate of drug-likeness (QED) is 0.693. The Morgan fingerprint density at radius 2 is 1.86 bits per heavy atom. The molecule has 0 unspecified atom stereocenters. The lowest BCUT2D eigenvalue weighted by Gasteiger charge is -2.31. The fourth-order valence-corrected chi connectivity index (χ4v) is 1.68. The van der Waals surface area contributed by atoms with Crippen LogP contribution in [0.5, 0.6) is 0 Å². The molecule has 1 aliphatic heterocycles. The number of hydrogen-bond donors (Lipinski definition) is 1. The molecule has 1 amide bonds. The predicted octanol–water partition coefficient (Wildman–Crippen LogP) is 1.41. The minimum absolute atomic E-state index is 0.0626. The highest BCUT2D eigenvalue weighted by Crippen LogP contribution is 2.21. The molecule has 1 aliphatic rings. The first-order valence-corrected chi connectivity index (χ1v) is 5.34. The lowest BCUT2D eigenvalue weighted by atomic mass is 9.91. The molecule has 1 N–H and O–H groups in total. The maximum atomic E-state index is 11.8. The third-order valence-corrected chi connectivity index (χ3v) is 2.50. The van der Waals surface area contributed by atoms with E-state index in [2.05, 4.69) is 20.8 Å². The van der Waals surface area contributed by atoms with Crippen LogP contribution in [0, 0.1) is 5.41 Å². The topological polar surface area (TPSA) is 40.5 Å². The summed E-state index contributed by atoms with van der Waals surface area (Å²) >= 11 is 0. The van der Waals surface area contributed by atoms with E-state index in [1.807, 2.05) is 4.90 Å². The maximum absolute atomic E-state index is 11.8. The highest BCUT2D eigenvalue weighted by Gasteiger charge is 2.24. The third kappa shape index (κ3) is 3.66. The van der Waals surface area contributed by atoms with E-state index in [-0.39, 0.29) is 17.4 Å². The van der Waals surface area contributed by atoms with Crippen molar-refractivity contribution >= 4 is 5.91 Å². The number of piperidine rings is 1. The Balaban J connectivity index is 2.38. The van der Waals surface area contributed by atoms with Gasteiger partial charge in [-0.15, -0.1) is 0 Å². The van der Waals surface area contributed by atoms with Gasteiger partial charge in [-0.25, -0.2) is 0 Å². The van der Waals surface area contributed by atoms with Crippen LogP contribution in [0.15, 0.2) is 0 Å². The predicted molar refractivity (Wildman–Crippen MR) is 55.9 cm³/mol. The molecule has 0 atom stereocenters. The monoisotopic (exact) mass is 199 g/mol. The Kier molecular flexibility index (Phi) is 3.53. The smallest absolute Gasteiger partial charge is 0.223 e. The molecule has 1 saturated heterocycles. The third-order valence-electron chi connectivity index (χ3n) is 2.50. The van der Waals surface area contributed by atoms with Gasteiger partial charge in [0.25, 0.3) is 0 Å². The minimum Gasteiger partial charge on any atom is -0.393 e. The number of carbonyl (C=O) groups excluding carboxylic acids is 1. The summed E-state index contributed by atoms with van der Waals surface area (Å²) in [6, 6.07) is 0. The van der Waals surface area contributed by atoms with Crippen LogP contribution in [0.1, 0.15) is 40.0 Å². The van der Waals surface area contributed by atoms with Crippen molar-refractivity contribution in [3.05, 3.63) is 0 Å². The summed E-state index contributed by atoms with van der Waals surface area (Å²) in [6.45, 7) is 7.66. The van der Waals surface area contributed by atoms with Gasteiger partial charge >= 0.3 is 0 Å². The van der Waals surface area contributed by atoms with Crippen molar-refractivity contribution in [1.29, 1.82) is 0 Å². The summed E-state index contributed by atoms with van der Waals surface area (Å²) in [5.74, 6) is 0.226. The first-order valence-electron chi connectivity index (χ1n) is 5.34. The number of amides is 1. The molecule has 0 bridgehead atoms. The minimum atomic E-state index is -0.200. The van der Waals surface area contributed by atoms with Gasteiger partial charge in [0.05, 0.1) is 6.10 Å². The second kappa shape index (κ2) is 4.30. The molecule has 0 aromatic rings. The van der Waals surface area contributed by atoms with Gasteiger partial charge in [0.2, 0.25) is 5.91 Å². The molecular formula is C11H21NO2. The van der Waals surface area contributed by atoms with E-state index < -0.39 is 0 Å². The molecule has 1 fully saturated rings. The van der Waals surface area contributed by atoms with E-state index in [4.69, 9.17) is 0 Å². The molecule has 0 spiro atoms. The van der Waals surface area contributed by atoms with E-state index in [0.29, 0.717) is 6.42 Å². The van der Waals surface area contributed by atoms with Crippen LogP contribution >= 0.6 is 0 Å². The van der Waals surface area contributed by atoms with Gasteiger partial charge in [-0.05, 0) is 18.3 Å². The summed E-state index contributed by atoms with van der Waals surface area (Å²) in [5.41, 5.74) is 0.0626. The fourth-order valence-electron chi connectivity index (χ4n) is 1.68. The van der Waals surface area contributed by atoms with Crippen molar-refractivity contribution in [2.45, 2.75) is 46.1 Å². The molecule has 1 heterocycles. The Morgan fingerprint density at radius 3 is 2.29 bits per heavy atom. The number of nitrogens with zero attached hydrogens (tertiary/aromatic N) is 1. The number of hydrogen-bond acceptors (Lipinski definition) is 2. The summed E-state index contributed by atoms with van der Waals surface area (Å²) in [6.07, 6.45) is 1.86. The molecule has 14 heavy (non-hydrogen) atoms. The number of aliphatic hydroxyl groups excluding tert-OH is 1. The van der Waals surface area contributed by atoms with Gasteiger partial charge in [-0.1, -0.05) is 20.8 Å². The number of rotatable bonds is 1. The molecule has 0 radical (unpaired) electrons. The summed E-state index contributed by atoms with van der Waals surface area (Å²) in [4.78, 5) is 13.6. The SMILES string of the molecule is CC(C)(C)CC(=O)N1CCC(O)CC1. The van der Waals surface area contributed by atoms with Gasteiger partial charge in [0.15, 0.2) is 0 Å². The van der Waals surface area contributed by atoms with Crippen LogP contribution in [-0.4, -0.2) is 35.1 Å². The number of aliphatic hydroxyl groups is 1. The zero-order valence-electron chi connectivity index (χ0n) is 9.42. The summed E-state index contributed by atoms with van der Waals surface area (Å²) < 4.78 is 0. The highest BCUT2D eigenvalue weighted by atomic mass is 16.3. The average molecular weight is 199 g/mol. The van der Waals surface area contributed by atoms with Gasteiger partial charge in [-0.3, -0.25) is 4.79 Å². The van der Waals surface area contributed by atoms with Crippen LogP contribution in [0.2, 0.25) is 0 Å². The highest BCUT2D eigenvalue weighted by molar-refractivity contribution is 5.76. The molecule has 3 heteroatoms. The first-order chi connectivity index (χ1) is 6.38. The van der Waals surface area contributed by atoms with Crippen molar-refractivity contribution in [3.8, 4) is 0 Å². The maximum Gasteiger partial charge on any atom is 0.223 e. The molecule has 0 aliphatic carbocycles. The zero-order chi connectivity index (χ0) is 10.8. The van der Waals surface area contributed by atoms with Crippen LogP contribution in [0.25, 0.3) is 0 Å².